The van der Waals surface area contributed by atoms with Crippen LogP contribution in [0.25, 0.3) is 0 Å². The van der Waals surface area contributed by atoms with E-state index in [1.165, 1.54) is 0 Å². The van der Waals surface area contributed by atoms with Crippen LogP contribution in [0, 0.1) is 0 Å². The zero-order valence-electron chi connectivity index (χ0n) is 10.6. The maximum atomic E-state index is 12.0. The molecule has 2 heterocycles. The molecule has 102 valence electrons. The quantitative estimate of drug-likeness (QED) is 0.669. The summed E-state index contributed by atoms with van der Waals surface area (Å²) >= 11 is 0. The van der Waals surface area contributed by atoms with Crippen LogP contribution in [0.15, 0.2) is 30.7 Å². The second-order valence-corrected chi connectivity index (χ2v) is 4.44. The van der Waals surface area contributed by atoms with Gasteiger partial charge in [0.1, 0.15) is 0 Å². The number of H-pyrrole nitrogens is 1. The predicted octanol–water partition coefficient (Wildman–Crippen LogP) is 0.975. The monoisotopic (exact) mass is 271 g/mol. The molecule has 1 aliphatic heterocycles. The second kappa shape index (κ2) is 5.04. The van der Waals surface area contributed by atoms with Crippen LogP contribution in [0.3, 0.4) is 0 Å². The molecule has 7 nitrogen and oxygen atoms in total. The molecule has 0 fully saturated rings. The number of hydrogen-bond donors (Lipinski definition) is 4. The molecular weight excluding hydrogens is 258 g/mol. The van der Waals surface area contributed by atoms with E-state index >= 15 is 0 Å². The van der Waals surface area contributed by atoms with Crippen molar-refractivity contribution in [2.75, 3.05) is 5.32 Å². The standard InChI is InChI=1S/C13H13N5O2/c19-12(15-6-10-5-14-7-17-10)8-1-2-9-4-16-13(20)18-11(9)3-8/h1-3,5,7H,4,6H2,(H,14,17)(H,15,19)(H2,16,18,20). The SMILES string of the molecule is O=C1NCc2ccc(C(=O)NCc3cnc[nH]3)cc2N1. The predicted molar refractivity (Wildman–Crippen MR) is 72.1 cm³/mol. The number of anilines is 1. The molecule has 20 heavy (non-hydrogen) atoms. The van der Waals surface area contributed by atoms with Crippen molar-refractivity contribution < 1.29 is 9.59 Å². The highest BCUT2D eigenvalue weighted by molar-refractivity contribution is 5.98. The Hall–Kier alpha value is -2.83. The first-order valence-electron chi connectivity index (χ1n) is 6.15. The van der Waals surface area contributed by atoms with Crippen molar-refractivity contribution >= 4 is 17.6 Å². The van der Waals surface area contributed by atoms with Gasteiger partial charge in [0.15, 0.2) is 0 Å². The van der Waals surface area contributed by atoms with Gasteiger partial charge in [-0.3, -0.25) is 4.79 Å². The molecule has 0 bridgehead atoms. The van der Waals surface area contributed by atoms with Crippen molar-refractivity contribution in [2.45, 2.75) is 13.1 Å². The fourth-order valence-corrected chi connectivity index (χ4v) is 1.99. The van der Waals surface area contributed by atoms with Gasteiger partial charge in [-0.15, -0.1) is 0 Å². The van der Waals surface area contributed by atoms with Crippen LogP contribution in [0.2, 0.25) is 0 Å². The van der Waals surface area contributed by atoms with Crippen LogP contribution in [0.5, 0.6) is 0 Å². The Morgan fingerprint density at radius 2 is 2.30 bits per heavy atom. The number of amides is 3. The number of benzene rings is 1. The average Bonchev–Trinajstić information content (AvgIpc) is 2.97. The molecule has 3 amide bonds. The normalized spacial score (nSPS) is 13.1. The van der Waals surface area contributed by atoms with Gasteiger partial charge in [-0.25, -0.2) is 9.78 Å². The number of imidazole rings is 1. The number of rotatable bonds is 3. The molecule has 1 aromatic carbocycles. The molecule has 0 atom stereocenters. The molecule has 0 saturated heterocycles. The summed E-state index contributed by atoms with van der Waals surface area (Å²) in [5, 5.41) is 8.13. The number of nitrogens with zero attached hydrogens (tertiary/aromatic N) is 1. The van der Waals surface area contributed by atoms with Gasteiger partial charge in [-0.1, -0.05) is 6.07 Å². The first-order valence-corrected chi connectivity index (χ1v) is 6.15. The Labute approximate surface area is 114 Å². The van der Waals surface area contributed by atoms with Crippen molar-refractivity contribution in [3.63, 3.8) is 0 Å². The second-order valence-electron chi connectivity index (χ2n) is 4.44. The lowest BCUT2D eigenvalue weighted by Crippen LogP contribution is -2.33. The Kier molecular flexibility index (Phi) is 3.08. The van der Waals surface area contributed by atoms with E-state index in [1.807, 2.05) is 6.07 Å². The van der Waals surface area contributed by atoms with Gasteiger partial charge >= 0.3 is 6.03 Å². The van der Waals surface area contributed by atoms with Crippen LogP contribution in [0.1, 0.15) is 21.6 Å². The van der Waals surface area contributed by atoms with E-state index in [1.54, 1.807) is 24.7 Å². The number of aromatic amines is 1. The van der Waals surface area contributed by atoms with E-state index in [2.05, 4.69) is 25.9 Å². The molecule has 0 saturated carbocycles. The first kappa shape index (κ1) is 12.2. The largest absolute Gasteiger partial charge is 0.347 e. The van der Waals surface area contributed by atoms with Gasteiger partial charge in [-0.2, -0.15) is 0 Å². The highest BCUT2D eigenvalue weighted by Gasteiger charge is 2.15. The summed E-state index contributed by atoms with van der Waals surface area (Å²) in [5.41, 5.74) is 2.96. The summed E-state index contributed by atoms with van der Waals surface area (Å²) in [4.78, 5) is 30.1. The average molecular weight is 271 g/mol. The molecule has 0 unspecified atom stereocenters. The maximum absolute atomic E-state index is 12.0. The lowest BCUT2D eigenvalue weighted by Gasteiger charge is -2.18. The Balaban J connectivity index is 1.72. The van der Waals surface area contributed by atoms with Crippen LogP contribution in [-0.2, 0) is 13.1 Å². The fraction of sp³-hybridized carbons (Fsp3) is 0.154. The molecule has 0 aliphatic carbocycles. The van der Waals surface area contributed by atoms with Crippen LogP contribution in [-0.4, -0.2) is 21.9 Å². The number of carbonyl (C=O) groups is 2. The molecule has 3 rings (SSSR count). The summed E-state index contributed by atoms with van der Waals surface area (Å²) in [6.45, 7) is 0.848. The molecule has 7 heteroatoms. The summed E-state index contributed by atoms with van der Waals surface area (Å²) in [7, 11) is 0. The van der Waals surface area contributed by atoms with Crippen molar-refractivity contribution in [3.8, 4) is 0 Å². The third-order valence-corrected chi connectivity index (χ3v) is 3.05. The van der Waals surface area contributed by atoms with E-state index in [-0.39, 0.29) is 11.9 Å². The smallest absolute Gasteiger partial charge is 0.319 e. The zero-order valence-corrected chi connectivity index (χ0v) is 10.6. The van der Waals surface area contributed by atoms with Crippen molar-refractivity contribution in [2.24, 2.45) is 0 Å². The van der Waals surface area contributed by atoms with Gasteiger partial charge in [0, 0.05) is 24.0 Å². The first-order chi connectivity index (χ1) is 9.72. The number of fused-ring (bicyclic) bond motifs is 1. The number of nitrogens with one attached hydrogen (secondary N) is 4. The van der Waals surface area contributed by atoms with E-state index < -0.39 is 0 Å². The summed E-state index contributed by atoms with van der Waals surface area (Å²) < 4.78 is 0. The number of aromatic nitrogens is 2. The highest BCUT2D eigenvalue weighted by atomic mass is 16.2. The maximum Gasteiger partial charge on any atom is 0.319 e. The van der Waals surface area contributed by atoms with Crippen molar-refractivity contribution in [3.05, 3.63) is 47.5 Å². The van der Waals surface area contributed by atoms with Gasteiger partial charge in [0.05, 0.1) is 18.6 Å². The summed E-state index contributed by atoms with van der Waals surface area (Å²) in [6.07, 6.45) is 3.21. The van der Waals surface area contributed by atoms with E-state index in [9.17, 15) is 9.59 Å². The fourth-order valence-electron chi connectivity index (χ4n) is 1.99. The van der Waals surface area contributed by atoms with Crippen LogP contribution >= 0.6 is 0 Å². The Bertz CT molecular complexity index is 651. The molecule has 4 N–H and O–H groups in total. The highest BCUT2D eigenvalue weighted by Crippen LogP contribution is 2.20. The Morgan fingerprint density at radius 3 is 3.10 bits per heavy atom. The molecule has 0 spiro atoms. The third-order valence-electron chi connectivity index (χ3n) is 3.05. The lowest BCUT2D eigenvalue weighted by molar-refractivity contribution is 0.0950. The number of urea groups is 1. The molecule has 2 aromatic rings. The van der Waals surface area contributed by atoms with Crippen LogP contribution < -0.4 is 16.0 Å². The molecular formula is C13H13N5O2. The molecule has 0 radical (unpaired) electrons. The van der Waals surface area contributed by atoms with E-state index in [0.717, 1.165) is 11.3 Å². The van der Waals surface area contributed by atoms with Gasteiger partial charge in [0.25, 0.3) is 5.91 Å². The topological polar surface area (TPSA) is 98.9 Å². The lowest BCUT2D eigenvalue weighted by atomic mass is 10.1. The number of carbonyl (C=O) groups excluding carboxylic acids is 2. The van der Waals surface area contributed by atoms with Gasteiger partial charge in [-0.05, 0) is 17.7 Å². The summed E-state index contributed by atoms with van der Waals surface area (Å²) in [6, 6.07) is 4.98. The molecule has 1 aliphatic rings. The summed E-state index contributed by atoms with van der Waals surface area (Å²) in [5.74, 6) is -0.199. The third kappa shape index (κ3) is 2.46. The minimum atomic E-state index is -0.257. The van der Waals surface area contributed by atoms with Gasteiger partial charge < -0.3 is 20.9 Å². The molecule has 1 aromatic heterocycles. The van der Waals surface area contributed by atoms with Crippen molar-refractivity contribution in [1.29, 1.82) is 0 Å². The van der Waals surface area contributed by atoms with E-state index in [0.29, 0.717) is 24.3 Å². The van der Waals surface area contributed by atoms with Gasteiger partial charge in [0.2, 0.25) is 0 Å². The van der Waals surface area contributed by atoms with Crippen LogP contribution in [0.4, 0.5) is 10.5 Å². The zero-order chi connectivity index (χ0) is 13.9. The van der Waals surface area contributed by atoms with E-state index in [4.69, 9.17) is 0 Å². The minimum absolute atomic E-state index is 0.199. The minimum Gasteiger partial charge on any atom is -0.347 e. The Morgan fingerprint density at radius 1 is 1.40 bits per heavy atom. The number of hydrogen-bond acceptors (Lipinski definition) is 3. The van der Waals surface area contributed by atoms with Crippen molar-refractivity contribution in [1.82, 2.24) is 20.6 Å².